The minimum absolute atomic E-state index is 0.0215. The fourth-order valence-corrected chi connectivity index (χ4v) is 2.85. The highest BCUT2D eigenvalue weighted by atomic mass is 16.6. The van der Waals surface area contributed by atoms with Crippen LogP contribution in [0, 0.1) is 10.1 Å². The number of likely N-dealkylation sites (tertiary alicyclic amines) is 1. The highest BCUT2D eigenvalue weighted by Crippen LogP contribution is 2.23. The van der Waals surface area contributed by atoms with E-state index in [0.717, 1.165) is 6.42 Å². The van der Waals surface area contributed by atoms with Crippen LogP contribution in [0.15, 0.2) is 24.3 Å². The molecular weight excluding hydrogens is 312 g/mol. The Bertz CT molecular complexity index is 632. The van der Waals surface area contributed by atoms with Crippen molar-refractivity contribution >= 4 is 23.2 Å². The summed E-state index contributed by atoms with van der Waals surface area (Å²) in [6.45, 7) is 0.859. The average molecular weight is 334 g/mol. The number of nitrogens with one attached hydrogen (secondary N) is 1. The third kappa shape index (κ3) is 4.01. The Kier molecular flexibility index (Phi) is 5.73. The normalized spacial score (nSPS) is 16.8. The van der Waals surface area contributed by atoms with Gasteiger partial charge in [-0.3, -0.25) is 19.7 Å². The Morgan fingerprint density at radius 1 is 1.38 bits per heavy atom. The molecule has 1 aromatic rings. The van der Waals surface area contributed by atoms with Crippen LogP contribution in [0.5, 0.6) is 0 Å². The van der Waals surface area contributed by atoms with Crippen molar-refractivity contribution in [1.29, 1.82) is 0 Å². The molecule has 1 heterocycles. The lowest BCUT2D eigenvalue weighted by Crippen LogP contribution is -2.45. The molecule has 1 atom stereocenters. The van der Waals surface area contributed by atoms with Crippen LogP contribution in [-0.4, -0.2) is 59.8 Å². The maximum absolute atomic E-state index is 12.4. The second-order valence-electron chi connectivity index (χ2n) is 5.93. The van der Waals surface area contributed by atoms with Crippen LogP contribution >= 0.6 is 0 Å². The molecule has 1 aliphatic rings. The average Bonchev–Trinajstić information content (AvgIpc) is 3.03. The van der Waals surface area contributed by atoms with E-state index in [-0.39, 0.29) is 30.5 Å². The number of nitrogens with zero attached hydrogens (tertiary/aromatic N) is 3. The molecule has 0 aromatic heterocycles. The van der Waals surface area contributed by atoms with Gasteiger partial charge in [-0.2, -0.15) is 0 Å². The maximum atomic E-state index is 12.4. The number of hydrogen-bond acceptors (Lipinski definition) is 5. The summed E-state index contributed by atoms with van der Waals surface area (Å²) < 4.78 is 0. The lowest BCUT2D eigenvalue weighted by atomic mass is 10.2. The molecule has 1 N–H and O–H groups in total. The number of anilines is 1. The zero-order valence-corrected chi connectivity index (χ0v) is 13.9. The van der Waals surface area contributed by atoms with Crippen LogP contribution in [0.25, 0.3) is 0 Å². The first-order valence-electron chi connectivity index (χ1n) is 7.89. The molecule has 2 rings (SSSR count). The molecule has 2 amide bonds. The lowest BCUT2D eigenvalue weighted by Gasteiger charge is -2.26. The van der Waals surface area contributed by atoms with Crippen molar-refractivity contribution in [3.05, 3.63) is 34.4 Å². The first-order valence-corrected chi connectivity index (χ1v) is 7.89. The molecule has 0 aliphatic carbocycles. The third-order valence-electron chi connectivity index (χ3n) is 4.05. The summed E-state index contributed by atoms with van der Waals surface area (Å²) in [6.07, 6.45) is 1.68. The van der Waals surface area contributed by atoms with Crippen molar-refractivity contribution in [1.82, 2.24) is 9.80 Å². The van der Waals surface area contributed by atoms with Gasteiger partial charge >= 0.3 is 0 Å². The largest absolute Gasteiger partial charge is 0.379 e. The first-order chi connectivity index (χ1) is 11.4. The van der Waals surface area contributed by atoms with Crippen molar-refractivity contribution in [2.45, 2.75) is 25.3 Å². The van der Waals surface area contributed by atoms with Crippen LogP contribution in [0.1, 0.15) is 19.3 Å². The van der Waals surface area contributed by atoms with Gasteiger partial charge in [-0.25, -0.2) is 0 Å². The van der Waals surface area contributed by atoms with Crippen molar-refractivity contribution in [3.63, 3.8) is 0 Å². The summed E-state index contributed by atoms with van der Waals surface area (Å²) in [5, 5.41) is 13.9. The zero-order chi connectivity index (χ0) is 17.7. The standard InChI is InChI=1S/C16H22N4O4/c1-18(2)16(22)14-8-5-11-19(14)15(21)9-10-17-12-6-3-4-7-13(12)20(23)24/h3-4,6-7,14,17H,5,8-11H2,1-2H3/t14-/m0/s1. The zero-order valence-electron chi connectivity index (χ0n) is 13.9. The minimum Gasteiger partial charge on any atom is -0.379 e. The molecule has 130 valence electrons. The quantitative estimate of drug-likeness (QED) is 0.628. The molecule has 0 spiro atoms. The Morgan fingerprint density at radius 2 is 2.08 bits per heavy atom. The van der Waals surface area contributed by atoms with E-state index in [1.54, 1.807) is 37.2 Å². The number of carbonyl (C=O) groups is 2. The van der Waals surface area contributed by atoms with E-state index in [1.165, 1.54) is 11.0 Å². The van der Waals surface area contributed by atoms with Crippen LogP contribution in [-0.2, 0) is 9.59 Å². The summed E-state index contributed by atoms with van der Waals surface area (Å²) in [7, 11) is 3.36. The van der Waals surface area contributed by atoms with Gasteiger partial charge in [0.15, 0.2) is 0 Å². The second-order valence-corrected chi connectivity index (χ2v) is 5.93. The van der Waals surface area contributed by atoms with Crippen molar-refractivity contribution in [2.75, 3.05) is 32.5 Å². The molecule has 8 nitrogen and oxygen atoms in total. The van der Waals surface area contributed by atoms with E-state index in [4.69, 9.17) is 0 Å². The number of carbonyl (C=O) groups excluding carboxylic acids is 2. The number of benzene rings is 1. The van der Waals surface area contributed by atoms with Crippen molar-refractivity contribution in [2.24, 2.45) is 0 Å². The van der Waals surface area contributed by atoms with Crippen molar-refractivity contribution < 1.29 is 14.5 Å². The number of likely N-dealkylation sites (N-methyl/N-ethyl adjacent to an activating group) is 1. The smallest absolute Gasteiger partial charge is 0.292 e. The van der Waals surface area contributed by atoms with Crippen LogP contribution in [0.4, 0.5) is 11.4 Å². The summed E-state index contributed by atoms with van der Waals surface area (Å²) in [5.74, 6) is -0.175. The third-order valence-corrected chi connectivity index (χ3v) is 4.05. The summed E-state index contributed by atoms with van der Waals surface area (Å²) >= 11 is 0. The number of rotatable bonds is 6. The number of nitro benzene ring substituents is 1. The number of para-hydroxylation sites is 2. The Hall–Kier alpha value is -2.64. The van der Waals surface area contributed by atoms with Gasteiger partial charge in [-0.15, -0.1) is 0 Å². The van der Waals surface area contributed by atoms with E-state index >= 15 is 0 Å². The Balaban J connectivity index is 1.92. The van der Waals surface area contributed by atoms with Gasteiger partial charge in [0, 0.05) is 39.7 Å². The first kappa shape index (κ1) is 17.7. The highest BCUT2D eigenvalue weighted by Gasteiger charge is 2.34. The Morgan fingerprint density at radius 3 is 2.75 bits per heavy atom. The molecule has 1 fully saturated rings. The SMILES string of the molecule is CN(C)C(=O)[C@@H]1CCCN1C(=O)CCNc1ccccc1[N+](=O)[O-]. The van der Waals surface area contributed by atoms with Crippen LogP contribution in [0.3, 0.4) is 0 Å². The molecule has 0 saturated carbocycles. The van der Waals surface area contributed by atoms with Gasteiger partial charge in [0.2, 0.25) is 11.8 Å². The van der Waals surface area contributed by atoms with E-state index in [0.29, 0.717) is 18.7 Å². The molecule has 0 unspecified atom stereocenters. The Labute approximate surface area is 140 Å². The van der Waals surface area contributed by atoms with Gasteiger partial charge in [-0.05, 0) is 18.9 Å². The topological polar surface area (TPSA) is 95.8 Å². The fourth-order valence-electron chi connectivity index (χ4n) is 2.85. The summed E-state index contributed by atoms with van der Waals surface area (Å²) in [6, 6.07) is 5.92. The maximum Gasteiger partial charge on any atom is 0.292 e. The van der Waals surface area contributed by atoms with Crippen LogP contribution < -0.4 is 5.32 Å². The molecular formula is C16H22N4O4. The van der Waals surface area contributed by atoms with Gasteiger partial charge < -0.3 is 15.1 Å². The van der Waals surface area contributed by atoms with Crippen molar-refractivity contribution in [3.8, 4) is 0 Å². The van der Waals surface area contributed by atoms with Gasteiger partial charge in [0.1, 0.15) is 11.7 Å². The monoisotopic (exact) mass is 334 g/mol. The fraction of sp³-hybridized carbons (Fsp3) is 0.500. The van der Waals surface area contributed by atoms with Crippen LogP contribution in [0.2, 0.25) is 0 Å². The van der Waals surface area contributed by atoms with Gasteiger partial charge in [-0.1, -0.05) is 12.1 Å². The van der Waals surface area contributed by atoms with E-state index < -0.39 is 11.0 Å². The lowest BCUT2D eigenvalue weighted by molar-refractivity contribution is -0.384. The molecule has 1 aromatic carbocycles. The minimum atomic E-state index is -0.462. The number of nitro groups is 1. The number of hydrogen-bond donors (Lipinski definition) is 1. The van der Waals surface area contributed by atoms with E-state index in [1.807, 2.05) is 0 Å². The predicted molar refractivity (Wildman–Crippen MR) is 89.6 cm³/mol. The molecule has 1 saturated heterocycles. The molecule has 24 heavy (non-hydrogen) atoms. The summed E-state index contributed by atoms with van der Waals surface area (Å²) in [4.78, 5) is 38.1. The van der Waals surface area contributed by atoms with E-state index in [9.17, 15) is 19.7 Å². The molecule has 1 aliphatic heterocycles. The van der Waals surface area contributed by atoms with E-state index in [2.05, 4.69) is 5.32 Å². The highest BCUT2D eigenvalue weighted by molar-refractivity contribution is 5.88. The predicted octanol–water partition coefficient (Wildman–Crippen LogP) is 1.48. The number of amides is 2. The van der Waals surface area contributed by atoms with Gasteiger partial charge in [0.05, 0.1) is 4.92 Å². The van der Waals surface area contributed by atoms with Gasteiger partial charge in [0.25, 0.3) is 5.69 Å². The molecule has 0 bridgehead atoms. The molecule has 8 heteroatoms. The summed E-state index contributed by atoms with van der Waals surface area (Å²) in [5.41, 5.74) is 0.365. The molecule has 0 radical (unpaired) electrons. The second kappa shape index (κ2) is 7.76.